The minimum absolute atomic E-state index is 0.0294. The van der Waals surface area contributed by atoms with Crippen molar-refractivity contribution in [2.75, 3.05) is 0 Å². The van der Waals surface area contributed by atoms with Crippen LogP contribution in [0.2, 0.25) is 0 Å². The molecule has 0 aliphatic rings. The molecule has 0 unspecified atom stereocenters. The third-order valence-electron chi connectivity index (χ3n) is 3.04. The molecule has 2 heterocycles. The van der Waals surface area contributed by atoms with Crippen LogP contribution in [0.4, 0.5) is 0 Å². The molecule has 0 aliphatic heterocycles. The van der Waals surface area contributed by atoms with Crippen molar-refractivity contribution in [3.05, 3.63) is 45.2 Å². The molecule has 106 valence electrons. The molecular weight excluding hydrogens is 268 g/mol. The third kappa shape index (κ3) is 3.51. The van der Waals surface area contributed by atoms with Crippen molar-refractivity contribution in [2.45, 2.75) is 46.5 Å². The molecule has 20 heavy (non-hydrogen) atoms. The number of Topliss-reactive ketones (excluding diaryl/α,β-unsaturated/α-hetero) is 1. The Morgan fingerprint density at radius 1 is 1.15 bits per heavy atom. The number of thiazole rings is 1. The smallest absolute Gasteiger partial charge is 0.169 e. The van der Waals surface area contributed by atoms with Gasteiger partial charge in [0, 0.05) is 27.7 Å². The first-order chi connectivity index (χ1) is 9.25. The number of aryl methyl sites for hydroxylation is 2. The van der Waals surface area contributed by atoms with Gasteiger partial charge in [0.25, 0.3) is 0 Å². The van der Waals surface area contributed by atoms with E-state index in [4.69, 9.17) is 0 Å². The highest BCUT2D eigenvalue weighted by Crippen LogP contribution is 2.24. The molecule has 0 spiro atoms. The molecule has 0 atom stereocenters. The third-order valence-corrected chi connectivity index (χ3v) is 3.88. The molecule has 3 nitrogen and oxygen atoms in total. The molecule has 0 aliphatic carbocycles. The summed E-state index contributed by atoms with van der Waals surface area (Å²) in [5, 5.41) is 2.93. The van der Waals surface area contributed by atoms with E-state index in [1.807, 2.05) is 31.4 Å². The Hall–Kier alpha value is -1.55. The van der Waals surface area contributed by atoms with Gasteiger partial charge in [-0.15, -0.1) is 11.3 Å². The lowest BCUT2D eigenvalue weighted by Gasteiger charge is -2.14. The van der Waals surface area contributed by atoms with E-state index in [2.05, 4.69) is 30.7 Å². The van der Waals surface area contributed by atoms with Crippen molar-refractivity contribution in [2.24, 2.45) is 0 Å². The summed E-state index contributed by atoms with van der Waals surface area (Å²) in [6, 6.07) is 3.68. The highest BCUT2D eigenvalue weighted by molar-refractivity contribution is 7.09. The van der Waals surface area contributed by atoms with Crippen LogP contribution in [0.5, 0.6) is 0 Å². The first-order valence-electron chi connectivity index (χ1n) is 6.69. The second-order valence-corrected chi connectivity index (χ2v) is 7.06. The van der Waals surface area contributed by atoms with Gasteiger partial charge in [0.15, 0.2) is 5.78 Å². The quantitative estimate of drug-likeness (QED) is 0.805. The zero-order chi connectivity index (χ0) is 14.9. The lowest BCUT2D eigenvalue weighted by Crippen LogP contribution is -2.12. The van der Waals surface area contributed by atoms with Gasteiger partial charge < -0.3 is 0 Å². The van der Waals surface area contributed by atoms with Crippen molar-refractivity contribution >= 4 is 17.1 Å². The fourth-order valence-electron chi connectivity index (χ4n) is 1.97. The van der Waals surface area contributed by atoms with E-state index in [0.717, 1.165) is 27.7 Å². The summed E-state index contributed by atoms with van der Waals surface area (Å²) < 4.78 is 0. The average Bonchev–Trinajstić information content (AvgIpc) is 2.75. The number of hydrogen-bond acceptors (Lipinski definition) is 4. The molecule has 0 fully saturated rings. The van der Waals surface area contributed by atoms with E-state index in [1.165, 1.54) is 0 Å². The summed E-state index contributed by atoms with van der Waals surface area (Å²) in [5.74, 6) is 0.105. The second-order valence-electron chi connectivity index (χ2n) is 6.12. The van der Waals surface area contributed by atoms with Crippen LogP contribution in [0.1, 0.15) is 53.2 Å². The average molecular weight is 288 g/mol. The standard InChI is InChI=1S/C16H20N2OS/c1-10-6-12(7-11(2)17-10)13(19)8-15-18-14(9-20-15)16(3,4)5/h6-7,9H,8H2,1-5H3. The number of rotatable bonds is 3. The van der Waals surface area contributed by atoms with Gasteiger partial charge in [-0.3, -0.25) is 9.78 Å². The zero-order valence-electron chi connectivity index (χ0n) is 12.7. The molecule has 0 saturated heterocycles. The number of hydrogen-bond donors (Lipinski definition) is 0. The zero-order valence-corrected chi connectivity index (χ0v) is 13.5. The van der Waals surface area contributed by atoms with Crippen LogP contribution in [0.3, 0.4) is 0 Å². The predicted molar refractivity (Wildman–Crippen MR) is 82.6 cm³/mol. The lowest BCUT2D eigenvalue weighted by atomic mass is 9.93. The van der Waals surface area contributed by atoms with Crippen molar-refractivity contribution < 1.29 is 4.79 Å². The Bertz CT molecular complexity index is 618. The van der Waals surface area contributed by atoms with Gasteiger partial charge in [-0.2, -0.15) is 0 Å². The second kappa shape index (κ2) is 5.44. The summed E-state index contributed by atoms with van der Waals surface area (Å²) in [5.41, 5.74) is 3.56. The molecule has 0 aromatic carbocycles. The van der Waals surface area contributed by atoms with Crippen LogP contribution in [0, 0.1) is 13.8 Å². The monoisotopic (exact) mass is 288 g/mol. The molecule has 0 bridgehead atoms. The molecule has 0 saturated carbocycles. The molecule has 2 rings (SSSR count). The number of ketones is 1. The van der Waals surface area contributed by atoms with Crippen molar-refractivity contribution in [3.8, 4) is 0 Å². The van der Waals surface area contributed by atoms with Gasteiger partial charge in [-0.1, -0.05) is 20.8 Å². The molecule has 0 radical (unpaired) electrons. The molecular formula is C16H20N2OS. The van der Waals surface area contributed by atoms with Crippen molar-refractivity contribution in [1.82, 2.24) is 9.97 Å². The van der Waals surface area contributed by atoms with Gasteiger partial charge in [-0.25, -0.2) is 4.98 Å². The van der Waals surface area contributed by atoms with Crippen LogP contribution in [-0.2, 0) is 11.8 Å². The Morgan fingerprint density at radius 3 is 2.25 bits per heavy atom. The maximum atomic E-state index is 12.3. The Balaban J connectivity index is 2.17. The normalized spacial score (nSPS) is 11.7. The van der Waals surface area contributed by atoms with E-state index in [1.54, 1.807) is 11.3 Å². The Kier molecular flexibility index (Phi) is 4.04. The van der Waals surface area contributed by atoms with E-state index in [-0.39, 0.29) is 11.2 Å². The summed E-state index contributed by atoms with van der Waals surface area (Å²) in [4.78, 5) is 21.2. The van der Waals surface area contributed by atoms with Crippen molar-refractivity contribution in [3.63, 3.8) is 0 Å². The number of carbonyl (C=O) groups is 1. The summed E-state index contributed by atoms with van der Waals surface area (Å²) in [6.07, 6.45) is 0.365. The minimum atomic E-state index is 0.0294. The summed E-state index contributed by atoms with van der Waals surface area (Å²) in [7, 11) is 0. The topological polar surface area (TPSA) is 42.9 Å². The number of pyridine rings is 1. The molecule has 2 aromatic rings. The number of nitrogens with zero attached hydrogens (tertiary/aromatic N) is 2. The van der Waals surface area contributed by atoms with Crippen LogP contribution < -0.4 is 0 Å². The largest absolute Gasteiger partial charge is 0.294 e. The van der Waals surface area contributed by atoms with Crippen LogP contribution >= 0.6 is 11.3 Å². The highest BCUT2D eigenvalue weighted by atomic mass is 32.1. The van der Waals surface area contributed by atoms with Crippen LogP contribution in [0.25, 0.3) is 0 Å². The first-order valence-corrected chi connectivity index (χ1v) is 7.57. The summed E-state index contributed by atoms with van der Waals surface area (Å²) in [6.45, 7) is 10.2. The fraction of sp³-hybridized carbons (Fsp3) is 0.438. The van der Waals surface area contributed by atoms with Gasteiger partial charge in [0.2, 0.25) is 0 Å². The van der Waals surface area contributed by atoms with E-state index in [0.29, 0.717) is 6.42 Å². The van der Waals surface area contributed by atoms with E-state index < -0.39 is 0 Å². The van der Waals surface area contributed by atoms with Gasteiger partial charge in [-0.05, 0) is 26.0 Å². The van der Waals surface area contributed by atoms with Crippen molar-refractivity contribution in [1.29, 1.82) is 0 Å². The van der Waals surface area contributed by atoms with Crippen LogP contribution in [0.15, 0.2) is 17.5 Å². The molecule has 2 aromatic heterocycles. The maximum Gasteiger partial charge on any atom is 0.169 e. The first kappa shape index (κ1) is 14.9. The predicted octanol–water partition coefficient (Wildman–Crippen LogP) is 3.88. The summed E-state index contributed by atoms with van der Waals surface area (Å²) >= 11 is 1.56. The number of aromatic nitrogens is 2. The Morgan fingerprint density at radius 2 is 1.75 bits per heavy atom. The van der Waals surface area contributed by atoms with Gasteiger partial charge >= 0.3 is 0 Å². The SMILES string of the molecule is Cc1cc(C(=O)Cc2nc(C(C)(C)C)cs2)cc(C)n1. The highest BCUT2D eigenvalue weighted by Gasteiger charge is 2.18. The molecule has 4 heteroatoms. The fourth-order valence-corrected chi connectivity index (χ4v) is 2.99. The van der Waals surface area contributed by atoms with E-state index >= 15 is 0 Å². The van der Waals surface area contributed by atoms with Crippen LogP contribution in [-0.4, -0.2) is 15.8 Å². The lowest BCUT2D eigenvalue weighted by molar-refractivity contribution is 0.0992. The van der Waals surface area contributed by atoms with Gasteiger partial charge in [0.1, 0.15) is 5.01 Å². The maximum absolute atomic E-state index is 12.3. The molecule has 0 amide bonds. The Labute approximate surface area is 124 Å². The van der Waals surface area contributed by atoms with E-state index in [9.17, 15) is 4.79 Å². The molecule has 0 N–H and O–H groups in total. The number of carbonyl (C=O) groups excluding carboxylic acids is 1. The van der Waals surface area contributed by atoms with Gasteiger partial charge in [0.05, 0.1) is 12.1 Å². The minimum Gasteiger partial charge on any atom is -0.294 e.